The van der Waals surface area contributed by atoms with Gasteiger partial charge in [-0.05, 0) is 19.9 Å². The molecular formula is C16H29ClN4. The Hall–Kier alpha value is -1.29. The van der Waals surface area contributed by atoms with Crippen molar-refractivity contribution < 1.29 is 0 Å². The van der Waals surface area contributed by atoms with Crippen LogP contribution in [-0.2, 0) is 0 Å². The van der Waals surface area contributed by atoms with Crippen molar-refractivity contribution in [3.05, 3.63) is 29.2 Å². The van der Waals surface area contributed by atoms with E-state index in [-0.39, 0.29) is 0 Å². The summed E-state index contributed by atoms with van der Waals surface area (Å²) >= 11 is 5.95. The molecule has 0 aromatic carbocycles. The minimum Gasteiger partial charge on any atom is -0.372 e. The van der Waals surface area contributed by atoms with Crippen LogP contribution in [0.15, 0.2) is 18.3 Å². The molecule has 120 valence electrons. The van der Waals surface area contributed by atoms with E-state index in [1.165, 1.54) is 0 Å². The summed E-state index contributed by atoms with van der Waals surface area (Å²) in [6.45, 7) is 19.7. The van der Waals surface area contributed by atoms with Gasteiger partial charge < -0.3 is 9.80 Å². The highest BCUT2D eigenvalue weighted by Crippen LogP contribution is 2.16. The summed E-state index contributed by atoms with van der Waals surface area (Å²) in [5.74, 6) is 0.733. The Morgan fingerprint density at radius 1 is 1.10 bits per heavy atom. The maximum absolute atomic E-state index is 5.95. The number of halogens is 1. The molecular weight excluding hydrogens is 284 g/mol. The summed E-state index contributed by atoms with van der Waals surface area (Å²) in [6, 6.07) is 1.77. The van der Waals surface area contributed by atoms with Gasteiger partial charge in [-0.3, -0.25) is 0 Å². The van der Waals surface area contributed by atoms with Gasteiger partial charge in [-0.15, -0.1) is 0 Å². The lowest BCUT2D eigenvalue weighted by atomic mass is 10.3. The fourth-order valence-corrected chi connectivity index (χ4v) is 2.18. The fourth-order valence-electron chi connectivity index (χ4n) is 1.94. The summed E-state index contributed by atoms with van der Waals surface area (Å²) in [4.78, 5) is 13.1. The third-order valence-corrected chi connectivity index (χ3v) is 3.11. The van der Waals surface area contributed by atoms with E-state index >= 15 is 0 Å². The monoisotopic (exact) mass is 312 g/mol. The van der Waals surface area contributed by atoms with Crippen LogP contribution in [0.1, 0.15) is 40.3 Å². The van der Waals surface area contributed by atoms with Crippen LogP contribution in [0.3, 0.4) is 0 Å². The van der Waals surface area contributed by atoms with Gasteiger partial charge in [-0.1, -0.05) is 45.9 Å². The van der Waals surface area contributed by atoms with Gasteiger partial charge in [0.25, 0.3) is 0 Å². The van der Waals surface area contributed by atoms with Crippen molar-refractivity contribution in [2.24, 2.45) is 0 Å². The van der Waals surface area contributed by atoms with Crippen molar-refractivity contribution in [2.45, 2.75) is 41.5 Å². The zero-order valence-electron chi connectivity index (χ0n) is 14.3. The first kappa shape index (κ1) is 19.7. The molecule has 0 bridgehead atoms. The first-order chi connectivity index (χ1) is 10.1. The van der Waals surface area contributed by atoms with Crippen LogP contribution in [-0.4, -0.2) is 41.0 Å². The molecule has 1 aliphatic heterocycles. The van der Waals surface area contributed by atoms with Crippen molar-refractivity contribution in [3.63, 3.8) is 0 Å². The molecule has 2 rings (SSSR count). The molecule has 0 N–H and O–H groups in total. The smallest absolute Gasteiger partial charge is 0.227 e. The number of allylic oxidation sites excluding steroid dienone is 1. The molecule has 1 aliphatic rings. The van der Waals surface area contributed by atoms with Gasteiger partial charge in [-0.2, -0.15) is 0 Å². The van der Waals surface area contributed by atoms with Crippen molar-refractivity contribution in [1.82, 2.24) is 14.9 Å². The van der Waals surface area contributed by atoms with Crippen LogP contribution < -0.4 is 4.90 Å². The Kier molecular flexibility index (Phi) is 9.80. The van der Waals surface area contributed by atoms with Crippen LogP contribution in [0.5, 0.6) is 0 Å². The molecule has 2 heterocycles. The van der Waals surface area contributed by atoms with E-state index in [4.69, 9.17) is 11.6 Å². The molecule has 1 aromatic heterocycles. The van der Waals surface area contributed by atoms with E-state index in [1.54, 1.807) is 6.07 Å². The van der Waals surface area contributed by atoms with Gasteiger partial charge in [0.15, 0.2) is 0 Å². The summed E-state index contributed by atoms with van der Waals surface area (Å²) in [5.41, 5.74) is 2.02. The first-order valence-corrected chi connectivity index (χ1v) is 8.10. The molecule has 0 atom stereocenters. The Morgan fingerprint density at radius 3 is 2.05 bits per heavy atom. The number of rotatable bonds is 2. The minimum absolute atomic E-state index is 0.509. The number of aromatic nitrogens is 2. The third kappa shape index (κ3) is 6.34. The highest BCUT2D eigenvalue weighted by atomic mass is 35.5. The minimum atomic E-state index is 0.509. The number of aryl methyl sites for hydroxylation is 1. The summed E-state index contributed by atoms with van der Waals surface area (Å²) in [6.07, 6.45) is 0. The maximum atomic E-state index is 5.95. The second-order valence-corrected chi connectivity index (χ2v) is 4.73. The fraction of sp³-hybridized carbons (Fsp3) is 0.625. The van der Waals surface area contributed by atoms with Crippen LogP contribution >= 0.6 is 11.6 Å². The highest BCUT2D eigenvalue weighted by Gasteiger charge is 2.18. The molecule has 0 saturated carbocycles. The van der Waals surface area contributed by atoms with E-state index in [1.807, 2.05) is 41.5 Å². The number of anilines is 1. The summed E-state index contributed by atoms with van der Waals surface area (Å²) in [7, 11) is 0. The Morgan fingerprint density at radius 2 is 1.62 bits per heavy atom. The van der Waals surface area contributed by atoms with Crippen molar-refractivity contribution >= 4 is 17.5 Å². The van der Waals surface area contributed by atoms with E-state index in [0.717, 1.165) is 43.5 Å². The van der Waals surface area contributed by atoms with E-state index in [2.05, 4.69) is 26.3 Å². The SMILES string of the molecule is C=C(C)N1CCN(c2nc(C)cc(Cl)n2)CC1.CC.CC. The molecule has 4 nitrogen and oxygen atoms in total. The number of piperazine rings is 1. The molecule has 1 aromatic rings. The lowest BCUT2D eigenvalue weighted by Gasteiger charge is -2.36. The molecule has 0 unspecified atom stereocenters. The van der Waals surface area contributed by atoms with Crippen molar-refractivity contribution in [1.29, 1.82) is 0 Å². The zero-order chi connectivity index (χ0) is 16.4. The van der Waals surface area contributed by atoms with E-state index in [0.29, 0.717) is 5.15 Å². The second kappa shape index (κ2) is 10.4. The Labute approximate surface area is 134 Å². The molecule has 0 spiro atoms. The molecule has 1 fully saturated rings. The topological polar surface area (TPSA) is 32.3 Å². The second-order valence-electron chi connectivity index (χ2n) is 4.34. The van der Waals surface area contributed by atoms with Crippen molar-refractivity contribution in [3.8, 4) is 0 Å². The molecule has 1 saturated heterocycles. The van der Waals surface area contributed by atoms with Gasteiger partial charge in [0, 0.05) is 37.6 Å². The quantitative estimate of drug-likeness (QED) is 0.768. The van der Waals surface area contributed by atoms with Crippen LogP contribution in [0.25, 0.3) is 0 Å². The van der Waals surface area contributed by atoms with Crippen molar-refractivity contribution in [2.75, 3.05) is 31.1 Å². The van der Waals surface area contributed by atoms with Gasteiger partial charge in [0.1, 0.15) is 5.15 Å². The van der Waals surface area contributed by atoms with Gasteiger partial charge >= 0.3 is 0 Å². The van der Waals surface area contributed by atoms with Gasteiger partial charge in [-0.25, -0.2) is 9.97 Å². The maximum Gasteiger partial charge on any atom is 0.227 e. The van der Waals surface area contributed by atoms with Gasteiger partial charge in [0.05, 0.1) is 0 Å². The lowest BCUT2D eigenvalue weighted by molar-refractivity contribution is 0.321. The molecule has 5 heteroatoms. The normalized spacial score (nSPS) is 13.7. The summed E-state index contributed by atoms with van der Waals surface area (Å²) in [5, 5.41) is 0.509. The predicted molar refractivity (Wildman–Crippen MR) is 93.1 cm³/mol. The largest absolute Gasteiger partial charge is 0.372 e. The zero-order valence-corrected chi connectivity index (χ0v) is 15.0. The van der Waals surface area contributed by atoms with Crippen LogP contribution in [0.4, 0.5) is 5.95 Å². The molecule has 0 amide bonds. The number of hydrogen-bond acceptors (Lipinski definition) is 4. The first-order valence-electron chi connectivity index (χ1n) is 7.73. The Balaban J connectivity index is 0.000000921. The third-order valence-electron chi connectivity index (χ3n) is 2.91. The molecule has 0 aliphatic carbocycles. The standard InChI is InChI=1S/C12H17ClN4.2C2H6/c1-9(2)16-4-6-17(7-5-16)12-14-10(3)8-11(13)15-12;2*1-2/h8H,1,4-7H2,2-3H3;2*1-2H3. The van der Waals surface area contributed by atoms with Crippen LogP contribution in [0.2, 0.25) is 5.15 Å². The molecule has 21 heavy (non-hydrogen) atoms. The predicted octanol–water partition coefficient (Wildman–Crippen LogP) is 4.15. The number of hydrogen-bond donors (Lipinski definition) is 0. The van der Waals surface area contributed by atoms with E-state index < -0.39 is 0 Å². The average Bonchev–Trinajstić information content (AvgIpc) is 2.50. The average molecular weight is 313 g/mol. The Bertz CT molecular complexity index is 406. The van der Waals surface area contributed by atoms with Crippen LogP contribution in [0, 0.1) is 6.92 Å². The molecule has 0 radical (unpaired) electrons. The summed E-state index contributed by atoms with van der Waals surface area (Å²) < 4.78 is 0. The van der Waals surface area contributed by atoms with E-state index in [9.17, 15) is 0 Å². The van der Waals surface area contributed by atoms with Gasteiger partial charge in [0.2, 0.25) is 5.95 Å². The lowest BCUT2D eigenvalue weighted by Crippen LogP contribution is -2.46. The number of nitrogens with zero attached hydrogens (tertiary/aromatic N) is 4. The highest BCUT2D eigenvalue weighted by molar-refractivity contribution is 6.29.